The van der Waals surface area contributed by atoms with Gasteiger partial charge in [0.15, 0.2) is 0 Å². The molecule has 0 bridgehead atoms. The first-order valence-corrected chi connectivity index (χ1v) is 10.00. The Morgan fingerprint density at radius 2 is 1.75 bits per heavy atom. The van der Waals surface area contributed by atoms with Gasteiger partial charge in [-0.3, -0.25) is 4.79 Å². The molecule has 5 heteroatoms. The molecule has 24 heavy (non-hydrogen) atoms. The number of hydrogen-bond donors (Lipinski definition) is 0. The van der Waals surface area contributed by atoms with Crippen molar-refractivity contribution in [1.29, 1.82) is 0 Å². The van der Waals surface area contributed by atoms with Crippen molar-refractivity contribution in [3.63, 3.8) is 0 Å². The molecule has 5 nitrogen and oxygen atoms in total. The molecule has 0 unspecified atom stereocenters. The number of amides is 1. The van der Waals surface area contributed by atoms with E-state index in [9.17, 15) is 4.79 Å². The van der Waals surface area contributed by atoms with Crippen molar-refractivity contribution >= 4 is 5.91 Å². The fraction of sp³-hybridized carbons (Fsp3) is 0.947. The number of ether oxygens (including phenoxy) is 2. The second-order valence-corrected chi connectivity index (χ2v) is 8.21. The second-order valence-electron chi connectivity index (χ2n) is 8.21. The molecule has 0 aromatic heterocycles. The van der Waals surface area contributed by atoms with Gasteiger partial charge in [-0.1, -0.05) is 12.8 Å². The van der Waals surface area contributed by atoms with Crippen LogP contribution in [0.25, 0.3) is 0 Å². The van der Waals surface area contributed by atoms with E-state index < -0.39 is 0 Å². The predicted octanol–water partition coefficient (Wildman–Crippen LogP) is 1.76. The van der Waals surface area contributed by atoms with Crippen LogP contribution in [0.4, 0.5) is 0 Å². The normalized spacial score (nSPS) is 33.6. The average Bonchev–Trinajstić information content (AvgIpc) is 3.22. The molecule has 4 fully saturated rings. The first kappa shape index (κ1) is 16.8. The molecule has 1 saturated carbocycles. The highest BCUT2D eigenvalue weighted by Gasteiger charge is 2.40. The third-order valence-corrected chi connectivity index (χ3v) is 6.49. The second kappa shape index (κ2) is 7.71. The minimum absolute atomic E-state index is 0.177. The van der Waals surface area contributed by atoms with E-state index >= 15 is 0 Å². The summed E-state index contributed by atoms with van der Waals surface area (Å²) in [5, 5.41) is 0. The van der Waals surface area contributed by atoms with E-state index in [-0.39, 0.29) is 12.0 Å². The summed E-state index contributed by atoms with van der Waals surface area (Å²) in [5.41, 5.74) is 0. The Kier molecular flexibility index (Phi) is 5.40. The molecule has 0 aromatic carbocycles. The molecule has 3 saturated heterocycles. The highest BCUT2D eigenvalue weighted by atomic mass is 16.5. The SMILES string of the molecule is O=C(C1CCOCC1)N1C[C@@H]2CN(CC3CCCC3)CCO[C@@H]2C1. The molecule has 0 radical (unpaired) electrons. The number of likely N-dealkylation sites (tertiary alicyclic amines) is 1. The minimum atomic E-state index is 0.177. The summed E-state index contributed by atoms with van der Waals surface area (Å²) in [6.07, 6.45) is 7.66. The number of hydrogen-bond acceptors (Lipinski definition) is 4. The van der Waals surface area contributed by atoms with Crippen LogP contribution in [0, 0.1) is 17.8 Å². The van der Waals surface area contributed by atoms with Crippen LogP contribution >= 0.6 is 0 Å². The Hall–Kier alpha value is -0.650. The minimum Gasteiger partial charge on any atom is -0.381 e. The van der Waals surface area contributed by atoms with E-state index in [1.165, 1.54) is 32.2 Å². The lowest BCUT2D eigenvalue weighted by atomic mass is 9.99. The molecule has 0 aromatic rings. The van der Waals surface area contributed by atoms with E-state index in [1.807, 2.05) is 0 Å². The maximum Gasteiger partial charge on any atom is 0.225 e. The van der Waals surface area contributed by atoms with Gasteiger partial charge in [-0.05, 0) is 31.6 Å². The lowest BCUT2D eigenvalue weighted by Crippen LogP contribution is -2.39. The number of rotatable bonds is 3. The maximum absolute atomic E-state index is 12.8. The van der Waals surface area contributed by atoms with Gasteiger partial charge in [-0.15, -0.1) is 0 Å². The first-order valence-electron chi connectivity index (χ1n) is 10.00. The zero-order valence-corrected chi connectivity index (χ0v) is 14.8. The van der Waals surface area contributed by atoms with Gasteiger partial charge in [0, 0.05) is 57.8 Å². The average molecular weight is 336 g/mol. The molecular weight excluding hydrogens is 304 g/mol. The molecule has 1 amide bonds. The van der Waals surface area contributed by atoms with Gasteiger partial charge >= 0.3 is 0 Å². The molecule has 0 spiro atoms. The lowest BCUT2D eigenvalue weighted by molar-refractivity contribution is -0.138. The summed E-state index contributed by atoms with van der Waals surface area (Å²) >= 11 is 0. The number of carbonyl (C=O) groups excluding carboxylic acids is 1. The van der Waals surface area contributed by atoms with Crippen LogP contribution in [-0.4, -0.2) is 74.4 Å². The predicted molar refractivity (Wildman–Crippen MR) is 91.8 cm³/mol. The molecular formula is C19H32N2O3. The molecule has 4 rings (SSSR count). The molecule has 1 aliphatic carbocycles. The van der Waals surface area contributed by atoms with E-state index in [0.717, 1.165) is 64.8 Å². The van der Waals surface area contributed by atoms with Crippen molar-refractivity contribution in [3.05, 3.63) is 0 Å². The van der Waals surface area contributed by atoms with Crippen molar-refractivity contribution in [2.45, 2.75) is 44.6 Å². The van der Waals surface area contributed by atoms with Crippen LogP contribution in [0.2, 0.25) is 0 Å². The van der Waals surface area contributed by atoms with E-state index in [4.69, 9.17) is 9.47 Å². The van der Waals surface area contributed by atoms with Gasteiger partial charge in [0.2, 0.25) is 5.91 Å². The monoisotopic (exact) mass is 336 g/mol. The van der Waals surface area contributed by atoms with Crippen LogP contribution in [0.15, 0.2) is 0 Å². The Morgan fingerprint density at radius 1 is 0.958 bits per heavy atom. The van der Waals surface area contributed by atoms with Crippen molar-refractivity contribution in [2.75, 3.05) is 52.5 Å². The molecule has 4 aliphatic rings. The zero-order chi connectivity index (χ0) is 16.4. The fourth-order valence-corrected chi connectivity index (χ4v) is 5.07. The molecule has 3 aliphatic heterocycles. The standard InChI is InChI=1S/C19H32N2O3/c22-19(16-5-8-23-9-6-16)21-13-17-12-20(7-10-24-18(17)14-21)11-15-3-1-2-4-15/h15-18H,1-14H2/t17-,18+/m0/s1. The third-order valence-electron chi connectivity index (χ3n) is 6.49. The van der Waals surface area contributed by atoms with Gasteiger partial charge in [0.25, 0.3) is 0 Å². The smallest absolute Gasteiger partial charge is 0.225 e. The molecule has 0 N–H and O–H groups in total. The van der Waals surface area contributed by atoms with Crippen LogP contribution < -0.4 is 0 Å². The van der Waals surface area contributed by atoms with Gasteiger partial charge in [-0.2, -0.15) is 0 Å². The quantitative estimate of drug-likeness (QED) is 0.788. The van der Waals surface area contributed by atoms with Gasteiger partial charge in [-0.25, -0.2) is 0 Å². The fourth-order valence-electron chi connectivity index (χ4n) is 5.07. The molecule has 2 atom stereocenters. The van der Waals surface area contributed by atoms with E-state index in [0.29, 0.717) is 11.8 Å². The van der Waals surface area contributed by atoms with Gasteiger partial charge in [0.05, 0.1) is 12.7 Å². The summed E-state index contributed by atoms with van der Waals surface area (Å²) < 4.78 is 11.5. The highest BCUT2D eigenvalue weighted by molar-refractivity contribution is 5.79. The van der Waals surface area contributed by atoms with Crippen LogP contribution in [0.1, 0.15) is 38.5 Å². The lowest BCUT2D eigenvalue weighted by Gasteiger charge is -2.28. The maximum atomic E-state index is 12.8. The Morgan fingerprint density at radius 3 is 2.54 bits per heavy atom. The Labute approximate surface area is 145 Å². The summed E-state index contributed by atoms with van der Waals surface area (Å²) in [6.45, 7) is 7.41. The van der Waals surface area contributed by atoms with Gasteiger partial charge < -0.3 is 19.3 Å². The van der Waals surface area contributed by atoms with Crippen molar-refractivity contribution in [1.82, 2.24) is 9.80 Å². The zero-order valence-electron chi connectivity index (χ0n) is 14.8. The van der Waals surface area contributed by atoms with Crippen LogP contribution in [-0.2, 0) is 14.3 Å². The summed E-state index contributed by atoms with van der Waals surface area (Å²) in [4.78, 5) is 17.5. The molecule has 3 heterocycles. The first-order chi connectivity index (χ1) is 11.8. The van der Waals surface area contributed by atoms with Crippen molar-refractivity contribution < 1.29 is 14.3 Å². The number of nitrogens with zero attached hydrogens (tertiary/aromatic N) is 2. The Balaban J connectivity index is 1.32. The van der Waals surface area contributed by atoms with E-state index in [2.05, 4.69) is 9.80 Å². The van der Waals surface area contributed by atoms with Crippen LogP contribution in [0.3, 0.4) is 0 Å². The Bertz CT molecular complexity index is 432. The topological polar surface area (TPSA) is 42.0 Å². The van der Waals surface area contributed by atoms with E-state index in [1.54, 1.807) is 0 Å². The van der Waals surface area contributed by atoms with Crippen LogP contribution in [0.5, 0.6) is 0 Å². The highest BCUT2D eigenvalue weighted by Crippen LogP contribution is 2.30. The van der Waals surface area contributed by atoms with Crippen molar-refractivity contribution in [2.24, 2.45) is 17.8 Å². The third kappa shape index (κ3) is 3.78. The molecule has 136 valence electrons. The summed E-state index contributed by atoms with van der Waals surface area (Å²) in [7, 11) is 0. The van der Waals surface area contributed by atoms with Crippen molar-refractivity contribution in [3.8, 4) is 0 Å². The largest absolute Gasteiger partial charge is 0.381 e. The number of carbonyl (C=O) groups is 1. The summed E-state index contributed by atoms with van der Waals surface area (Å²) in [5.74, 6) is 1.91. The number of fused-ring (bicyclic) bond motifs is 1. The summed E-state index contributed by atoms with van der Waals surface area (Å²) in [6, 6.07) is 0. The van der Waals surface area contributed by atoms with Gasteiger partial charge in [0.1, 0.15) is 0 Å².